The second kappa shape index (κ2) is 4.65. The van der Waals surface area contributed by atoms with Crippen LogP contribution in [0.15, 0.2) is 30.7 Å². The number of nitrogen functional groups attached to an aromatic ring is 1. The molecule has 2 heterocycles. The third kappa shape index (κ3) is 2.30. The molecule has 0 atom stereocenters. The van der Waals surface area contributed by atoms with Crippen molar-refractivity contribution in [3.63, 3.8) is 0 Å². The molecule has 20 heavy (non-hydrogen) atoms. The highest BCUT2D eigenvalue weighted by Gasteiger charge is 2.07. The first-order valence-corrected chi connectivity index (χ1v) is 5.98. The van der Waals surface area contributed by atoms with E-state index in [1.807, 2.05) is 29.8 Å². The van der Waals surface area contributed by atoms with Crippen LogP contribution in [0.3, 0.4) is 0 Å². The van der Waals surface area contributed by atoms with E-state index in [1.165, 1.54) is 10.9 Å². The molecule has 2 aromatic heterocycles. The summed E-state index contributed by atoms with van der Waals surface area (Å²) < 4.78 is 3.29. The van der Waals surface area contributed by atoms with Crippen molar-refractivity contribution < 1.29 is 4.79 Å². The normalized spacial score (nSPS) is 10.8. The van der Waals surface area contributed by atoms with Crippen LogP contribution in [0.4, 0.5) is 11.5 Å². The minimum atomic E-state index is -0.204. The summed E-state index contributed by atoms with van der Waals surface area (Å²) in [5.41, 5.74) is 7.96. The summed E-state index contributed by atoms with van der Waals surface area (Å²) in [5.74, 6) is 0.0814. The van der Waals surface area contributed by atoms with E-state index in [1.54, 1.807) is 6.33 Å². The zero-order valence-corrected chi connectivity index (χ0v) is 10.8. The van der Waals surface area contributed by atoms with E-state index in [0.717, 1.165) is 11.0 Å². The highest BCUT2D eigenvalue weighted by atomic mass is 16.2. The molecule has 3 rings (SSSR count). The molecular formula is C12H13N7O. The number of hydrogen-bond acceptors (Lipinski definition) is 5. The Bertz CT molecular complexity index is 773. The number of hydrogen-bond donors (Lipinski definition) is 2. The van der Waals surface area contributed by atoms with Crippen LogP contribution in [-0.2, 0) is 18.4 Å². The summed E-state index contributed by atoms with van der Waals surface area (Å²) >= 11 is 0. The van der Waals surface area contributed by atoms with Crippen molar-refractivity contribution in [3.05, 3.63) is 30.7 Å². The van der Waals surface area contributed by atoms with Crippen LogP contribution < -0.4 is 11.1 Å². The van der Waals surface area contributed by atoms with Gasteiger partial charge in [-0.15, -0.1) is 5.10 Å². The number of aromatic nitrogens is 5. The lowest BCUT2D eigenvalue weighted by Gasteiger charge is -2.05. The molecule has 102 valence electrons. The summed E-state index contributed by atoms with van der Waals surface area (Å²) in [6, 6.07) is 5.56. The Morgan fingerprint density at radius 2 is 2.30 bits per heavy atom. The highest BCUT2D eigenvalue weighted by molar-refractivity contribution is 5.92. The maximum atomic E-state index is 11.9. The van der Waals surface area contributed by atoms with Gasteiger partial charge in [-0.05, 0) is 18.2 Å². The smallest absolute Gasteiger partial charge is 0.246 e. The van der Waals surface area contributed by atoms with E-state index in [0.29, 0.717) is 5.69 Å². The molecule has 0 saturated heterocycles. The molecule has 1 aromatic carbocycles. The lowest BCUT2D eigenvalue weighted by atomic mass is 10.2. The topological polar surface area (TPSA) is 104 Å². The lowest BCUT2D eigenvalue weighted by molar-refractivity contribution is -0.116. The van der Waals surface area contributed by atoms with Gasteiger partial charge in [0.05, 0.1) is 23.6 Å². The third-order valence-corrected chi connectivity index (χ3v) is 2.87. The van der Waals surface area contributed by atoms with Gasteiger partial charge >= 0.3 is 0 Å². The predicted molar refractivity (Wildman–Crippen MR) is 73.8 cm³/mol. The average molecular weight is 271 g/mol. The molecule has 0 bridgehead atoms. The third-order valence-electron chi connectivity index (χ3n) is 2.87. The highest BCUT2D eigenvalue weighted by Crippen LogP contribution is 2.17. The van der Waals surface area contributed by atoms with Crippen molar-refractivity contribution >= 4 is 28.4 Å². The first-order valence-electron chi connectivity index (χ1n) is 5.98. The van der Waals surface area contributed by atoms with Gasteiger partial charge in [0.1, 0.15) is 6.54 Å². The second-order valence-corrected chi connectivity index (χ2v) is 4.45. The lowest BCUT2D eigenvalue weighted by Crippen LogP contribution is -2.19. The maximum absolute atomic E-state index is 11.9. The van der Waals surface area contributed by atoms with Crippen LogP contribution in [0.2, 0.25) is 0 Å². The fourth-order valence-electron chi connectivity index (χ4n) is 1.95. The number of rotatable bonds is 3. The van der Waals surface area contributed by atoms with Crippen molar-refractivity contribution in [2.45, 2.75) is 6.54 Å². The summed E-state index contributed by atoms with van der Waals surface area (Å²) in [5, 5.41) is 10.1. The fraction of sp³-hybridized carbons (Fsp3) is 0.167. The molecule has 0 aliphatic carbocycles. The Labute approximate surface area is 114 Å². The first-order chi connectivity index (χ1) is 9.61. The van der Waals surface area contributed by atoms with Crippen molar-refractivity contribution in [1.82, 2.24) is 24.5 Å². The Morgan fingerprint density at radius 1 is 1.45 bits per heavy atom. The number of anilines is 2. The van der Waals surface area contributed by atoms with Crippen LogP contribution in [0, 0.1) is 0 Å². The van der Waals surface area contributed by atoms with Gasteiger partial charge in [0.15, 0.2) is 5.82 Å². The van der Waals surface area contributed by atoms with Gasteiger partial charge in [-0.2, -0.15) is 0 Å². The number of imidazole rings is 1. The number of benzene rings is 1. The Hall–Kier alpha value is -2.90. The van der Waals surface area contributed by atoms with Crippen LogP contribution >= 0.6 is 0 Å². The van der Waals surface area contributed by atoms with Gasteiger partial charge in [-0.3, -0.25) is 4.79 Å². The number of nitrogens with one attached hydrogen (secondary N) is 1. The number of amides is 1. The number of nitrogens with two attached hydrogens (primary N) is 1. The van der Waals surface area contributed by atoms with E-state index in [2.05, 4.69) is 20.6 Å². The van der Waals surface area contributed by atoms with E-state index in [9.17, 15) is 4.79 Å². The summed E-state index contributed by atoms with van der Waals surface area (Å²) in [6.45, 7) is 0.0600. The molecule has 3 aromatic rings. The van der Waals surface area contributed by atoms with Gasteiger partial charge in [-0.1, -0.05) is 5.21 Å². The molecular weight excluding hydrogens is 258 g/mol. The number of carbonyl (C=O) groups excluding carboxylic acids is 1. The van der Waals surface area contributed by atoms with E-state index >= 15 is 0 Å². The molecule has 0 unspecified atom stereocenters. The van der Waals surface area contributed by atoms with Gasteiger partial charge in [0.25, 0.3) is 0 Å². The molecule has 0 radical (unpaired) electrons. The largest absolute Gasteiger partial charge is 0.381 e. The Balaban J connectivity index is 1.73. The number of fused-ring (bicyclic) bond motifs is 1. The molecule has 0 fully saturated rings. The van der Waals surface area contributed by atoms with Crippen molar-refractivity contribution in [2.75, 3.05) is 11.1 Å². The molecule has 0 saturated carbocycles. The van der Waals surface area contributed by atoms with Crippen LogP contribution in [0.5, 0.6) is 0 Å². The van der Waals surface area contributed by atoms with E-state index in [4.69, 9.17) is 5.73 Å². The van der Waals surface area contributed by atoms with Crippen LogP contribution in [-0.4, -0.2) is 30.5 Å². The van der Waals surface area contributed by atoms with Crippen LogP contribution in [0.1, 0.15) is 0 Å². The van der Waals surface area contributed by atoms with Crippen LogP contribution in [0.25, 0.3) is 11.0 Å². The second-order valence-electron chi connectivity index (χ2n) is 4.45. The number of aryl methyl sites for hydroxylation is 1. The summed E-state index contributed by atoms with van der Waals surface area (Å²) in [6.07, 6.45) is 3.23. The fourth-order valence-corrected chi connectivity index (χ4v) is 1.95. The first kappa shape index (κ1) is 12.2. The minimum absolute atomic E-state index is 0.0600. The van der Waals surface area contributed by atoms with E-state index in [-0.39, 0.29) is 18.3 Å². The van der Waals surface area contributed by atoms with Gasteiger partial charge < -0.3 is 15.6 Å². The zero-order valence-electron chi connectivity index (χ0n) is 10.8. The van der Waals surface area contributed by atoms with Gasteiger partial charge in [0, 0.05) is 12.7 Å². The molecule has 0 aliphatic rings. The summed E-state index contributed by atoms with van der Waals surface area (Å²) in [4.78, 5) is 16.1. The molecule has 0 aliphatic heterocycles. The molecule has 1 amide bonds. The number of nitrogens with zero attached hydrogens (tertiary/aromatic N) is 5. The Kier molecular flexibility index (Phi) is 2.82. The van der Waals surface area contributed by atoms with Gasteiger partial charge in [0.2, 0.25) is 5.91 Å². The van der Waals surface area contributed by atoms with Crippen molar-refractivity contribution in [3.8, 4) is 0 Å². The standard InChI is InChI=1S/C12H13N7O/c1-18-7-14-9-4-8(2-3-10(9)18)15-12(20)6-19-5-11(13)16-17-19/h2-5,7H,6,13H2,1H3,(H,15,20). The SMILES string of the molecule is Cn1cnc2cc(NC(=O)Cn3cc(N)nn3)ccc21. The monoisotopic (exact) mass is 271 g/mol. The van der Waals surface area contributed by atoms with Crippen molar-refractivity contribution in [2.24, 2.45) is 7.05 Å². The summed E-state index contributed by atoms with van der Waals surface area (Å²) in [7, 11) is 1.92. The van der Waals surface area contributed by atoms with E-state index < -0.39 is 0 Å². The minimum Gasteiger partial charge on any atom is -0.381 e. The quantitative estimate of drug-likeness (QED) is 0.717. The molecule has 3 N–H and O–H groups in total. The molecule has 8 nitrogen and oxygen atoms in total. The number of carbonyl (C=O) groups is 1. The van der Waals surface area contributed by atoms with Crippen molar-refractivity contribution in [1.29, 1.82) is 0 Å². The predicted octanol–water partition coefficient (Wildman–Crippen LogP) is 0.386. The zero-order chi connectivity index (χ0) is 14.1. The maximum Gasteiger partial charge on any atom is 0.246 e. The van der Waals surface area contributed by atoms with Gasteiger partial charge in [-0.25, -0.2) is 9.67 Å². The Morgan fingerprint density at radius 3 is 3.05 bits per heavy atom. The molecule has 8 heteroatoms. The average Bonchev–Trinajstić information content (AvgIpc) is 2.96. The molecule has 0 spiro atoms.